The van der Waals surface area contributed by atoms with Crippen molar-refractivity contribution in [3.8, 4) is 0 Å². The van der Waals surface area contributed by atoms with E-state index in [0.717, 1.165) is 25.8 Å². The predicted octanol–water partition coefficient (Wildman–Crippen LogP) is 2.64. The van der Waals surface area contributed by atoms with Crippen LogP contribution in [0.4, 0.5) is 8.78 Å². The molecule has 0 bridgehead atoms. The lowest BCUT2D eigenvalue weighted by molar-refractivity contribution is -0.144. The second kappa shape index (κ2) is 7.12. The molecule has 0 amide bonds. The van der Waals surface area contributed by atoms with E-state index in [4.69, 9.17) is 0 Å². The molecule has 0 aromatic heterocycles. The average Bonchev–Trinajstić information content (AvgIpc) is 2.24. The molecule has 4 heteroatoms. The Morgan fingerprint density at radius 1 is 1.27 bits per heavy atom. The highest BCUT2D eigenvalue weighted by Crippen LogP contribution is 2.32. The van der Waals surface area contributed by atoms with E-state index in [-0.39, 0.29) is 6.61 Å². The normalized spacial score (nSPS) is 27.2. The van der Waals surface area contributed by atoms with Crippen molar-refractivity contribution >= 4 is 0 Å². The molecule has 0 aliphatic heterocycles. The van der Waals surface area contributed by atoms with Gasteiger partial charge in [-0.05, 0) is 38.3 Å². The molecule has 2 unspecified atom stereocenters. The second-order valence-corrected chi connectivity index (χ2v) is 4.29. The minimum Gasteiger partial charge on any atom is -0.323 e. The van der Waals surface area contributed by atoms with Crippen LogP contribution in [0.2, 0.25) is 0 Å². The van der Waals surface area contributed by atoms with Crippen LogP contribution in [0.5, 0.6) is 0 Å². The van der Waals surface area contributed by atoms with Crippen molar-refractivity contribution in [2.24, 2.45) is 11.8 Å². The van der Waals surface area contributed by atoms with E-state index < -0.39 is 6.61 Å². The zero-order valence-corrected chi connectivity index (χ0v) is 9.35. The molecular weight excluding hydrogens is 200 g/mol. The standard InChI is InChI=1S/C11H21F2NO/c1-14-7-6-9-4-2-3-5-10(9)8-15-11(12)13/h9-11,14H,2-8H2,1H3. The Labute approximate surface area is 90.4 Å². The lowest BCUT2D eigenvalue weighted by atomic mass is 9.78. The molecule has 2 nitrogen and oxygen atoms in total. The van der Waals surface area contributed by atoms with Gasteiger partial charge in [0.25, 0.3) is 0 Å². The van der Waals surface area contributed by atoms with Crippen LogP contribution >= 0.6 is 0 Å². The minimum absolute atomic E-state index is 0.228. The quantitative estimate of drug-likeness (QED) is 0.744. The van der Waals surface area contributed by atoms with E-state index >= 15 is 0 Å². The van der Waals surface area contributed by atoms with Crippen molar-refractivity contribution in [3.63, 3.8) is 0 Å². The minimum atomic E-state index is -2.61. The summed E-state index contributed by atoms with van der Waals surface area (Å²) < 4.78 is 28.3. The summed E-state index contributed by atoms with van der Waals surface area (Å²) in [5, 5.41) is 3.11. The van der Waals surface area contributed by atoms with Gasteiger partial charge in [0.1, 0.15) is 0 Å². The Kier molecular flexibility index (Phi) is 6.10. The Morgan fingerprint density at radius 2 is 1.93 bits per heavy atom. The third-order valence-electron chi connectivity index (χ3n) is 3.27. The topological polar surface area (TPSA) is 21.3 Å². The van der Waals surface area contributed by atoms with Gasteiger partial charge in [-0.3, -0.25) is 0 Å². The van der Waals surface area contributed by atoms with Gasteiger partial charge < -0.3 is 10.1 Å². The highest BCUT2D eigenvalue weighted by atomic mass is 19.3. The number of alkyl halides is 2. The molecule has 1 rings (SSSR count). The SMILES string of the molecule is CNCCC1CCCCC1COC(F)F. The number of ether oxygens (including phenoxy) is 1. The zero-order valence-electron chi connectivity index (χ0n) is 9.35. The van der Waals surface area contributed by atoms with Crippen LogP contribution in [0.3, 0.4) is 0 Å². The molecule has 1 aliphatic carbocycles. The third-order valence-corrected chi connectivity index (χ3v) is 3.27. The molecule has 0 spiro atoms. The number of rotatable bonds is 6. The van der Waals surface area contributed by atoms with Crippen LogP contribution in [-0.2, 0) is 4.74 Å². The highest BCUT2D eigenvalue weighted by molar-refractivity contribution is 4.75. The van der Waals surface area contributed by atoms with Crippen LogP contribution in [0, 0.1) is 11.8 Å². The lowest BCUT2D eigenvalue weighted by Gasteiger charge is -2.31. The molecule has 0 saturated heterocycles. The van der Waals surface area contributed by atoms with Crippen molar-refractivity contribution < 1.29 is 13.5 Å². The smallest absolute Gasteiger partial charge is 0.323 e. The number of hydrogen-bond acceptors (Lipinski definition) is 2. The summed E-state index contributed by atoms with van der Waals surface area (Å²) in [6.45, 7) is -1.42. The first-order chi connectivity index (χ1) is 7.24. The fraction of sp³-hybridized carbons (Fsp3) is 1.00. The van der Waals surface area contributed by atoms with E-state index in [1.165, 1.54) is 12.8 Å². The molecule has 2 atom stereocenters. The van der Waals surface area contributed by atoms with Gasteiger partial charge in [0.15, 0.2) is 0 Å². The first kappa shape index (κ1) is 12.8. The Bertz CT molecular complexity index is 167. The summed E-state index contributed by atoms with van der Waals surface area (Å²) in [7, 11) is 1.92. The molecule has 15 heavy (non-hydrogen) atoms. The molecule has 90 valence electrons. The maximum absolute atomic E-state index is 11.9. The van der Waals surface area contributed by atoms with Gasteiger partial charge in [-0.2, -0.15) is 8.78 Å². The first-order valence-corrected chi connectivity index (χ1v) is 5.78. The molecule has 0 radical (unpaired) electrons. The van der Waals surface area contributed by atoms with E-state index in [1.54, 1.807) is 0 Å². The van der Waals surface area contributed by atoms with E-state index in [1.807, 2.05) is 7.05 Å². The Hall–Kier alpha value is -0.220. The van der Waals surface area contributed by atoms with Gasteiger partial charge in [0, 0.05) is 0 Å². The van der Waals surface area contributed by atoms with Gasteiger partial charge in [-0.1, -0.05) is 19.3 Å². The van der Waals surface area contributed by atoms with Crippen LogP contribution in [0.1, 0.15) is 32.1 Å². The van der Waals surface area contributed by atoms with Crippen LogP contribution in [-0.4, -0.2) is 26.8 Å². The van der Waals surface area contributed by atoms with E-state index in [2.05, 4.69) is 10.1 Å². The van der Waals surface area contributed by atoms with Gasteiger partial charge in [0.2, 0.25) is 0 Å². The lowest BCUT2D eigenvalue weighted by Crippen LogP contribution is -2.27. The maximum atomic E-state index is 11.9. The second-order valence-electron chi connectivity index (χ2n) is 4.29. The van der Waals surface area contributed by atoms with E-state index in [9.17, 15) is 8.78 Å². The summed E-state index contributed by atoms with van der Waals surface area (Å²) in [4.78, 5) is 0. The van der Waals surface area contributed by atoms with Crippen LogP contribution in [0.25, 0.3) is 0 Å². The fourth-order valence-corrected chi connectivity index (χ4v) is 2.41. The number of nitrogens with one attached hydrogen (secondary N) is 1. The predicted molar refractivity (Wildman–Crippen MR) is 55.9 cm³/mol. The molecule has 0 heterocycles. The Morgan fingerprint density at radius 3 is 2.53 bits per heavy atom. The van der Waals surface area contributed by atoms with Crippen LogP contribution in [0.15, 0.2) is 0 Å². The third kappa shape index (κ3) is 4.89. The molecule has 1 N–H and O–H groups in total. The molecule has 0 aromatic rings. The molecule has 1 aliphatic rings. The van der Waals surface area contributed by atoms with Crippen LogP contribution < -0.4 is 5.32 Å². The van der Waals surface area contributed by atoms with Crippen molar-refractivity contribution in [2.45, 2.75) is 38.7 Å². The monoisotopic (exact) mass is 221 g/mol. The van der Waals surface area contributed by atoms with Crippen molar-refractivity contribution in [1.29, 1.82) is 0 Å². The first-order valence-electron chi connectivity index (χ1n) is 5.78. The molecular formula is C11H21F2NO. The molecule has 1 fully saturated rings. The van der Waals surface area contributed by atoms with Crippen molar-refractivity contribution in [3.05, 3.63) is 0 Å². The molecule has 1 saturated carbocycles. The van der Waals surface area contributed by atoms with Crippen molar-refractivity contribution in [1.82, 2.24) is 5.32 Å². The highest BCUT2D eigenvalue weighted by Gasteiger charge is 2.25. The summed E-state index contributed by atoms with van der Waals surface area (Å²) in [6.07, 6.45) is 5.68. The number of hydrogen-bond donors (Lipinski definition) is 1. The van der Waals surface area contributed by atoms with E-state index in [0.29, 0.717) is 11.8 Å². The fourth-order valence-electron chi connectivity index (χ4n) is 2.41. The van der Waals surface area contributed by atoms with Gasteiger partial charge >= 0.3 is 6.61 Å². The average molecular weight is 221 g/mol. The maximum Gasteiger partial charge on any atom is 0.345 e. The van der Waals surface area contributed by atoms with Gasteiger partial charge in [-0.15, -0.1) is 0 Å². The number of halogens is 2. The summed E-state index contributed by atoms with van der Waals surface area (Å²) in [5.41, 5.74) is 0. The largest absolute Gasteiger partial charge is 0.345 e. The summed E-state index contributed by atoms with van der Waals surface area (Å²) >= 11 is 0. The van der Waals surface area contributed by atoms with Crippen molar-refractivity contribution in [2.75, 3.05) is 20.2 Å². The Balaban J connectivity index is 2.29. The summed E-state index contributed by atoms with van der Waals surface area (Å²) in [6, 6.07) is 0. The zero-order chi connectivity index (χ0) is 11.1. The van der Waals surface area contributed by atoms with Gasteiger partial charge in [-0.25, -0.2) is 0 Å². The molecule has 0 aromatic carbocycles. The van der Waals surface area contributed by atoms with Gasteiger partial charge in [0.05, 0.1) is 6.61 Å². The summed E-state index contributed by atoms with van der Waals surface area (Å²) in [5.74, 6) is 0.894.